The van der Waals surface area contributed by atoms with Gasteiger partial charge < -0.3 is 14.5 Å². The molecule has 4 nitrogen and oxygen atoms in total. The second-order valence-corrected chi connectivity index (χ2v) is 5.18. The maximum Gasteiger partial charge on any atom is 0.245 e. The van der Waals surface area contributed by atoms with Gasteiger partial charge >= 0.3 is 0 Å². The molecule has 0 bridgehead atoms. The number of likely N-dealkylation sites (tertiary alicyclic amines) is 1. The summed E-state index contributed by atoms with van der Waals surface area (Å²) >= 11 is 0. The van der Waals surface area contributed by atoms with Crippen LogP contribution in [0.25, 0.3) is 0 Å². The molecule has 0 radical (unpaired) electrons. The number of ether oxygens (including phenoxy) is 1. The van der Waals surface area contributed by atoms with Crippen molar-refractivity contribution < 1.29 is 9.53 Å². The van der Waals surface area contributed by atoms with E-state index in [0.29, 0.717) is 19.1 Å². The summed E-state index contributed by atoms with van der Waals surface area (Å²) in [6, 6.07) is 0.000556. The van der Waals surface area contributed by atoms with Crippen molar-refractivity contribution in [1.82, 2.24) is 9.80 Å². The minimum absolute atomic E-state index is 0.000556. The average Bonchev–Trinajstić information content (AvgIpc) is 2.93. The molecule has 2 rings (SSSR count). The van der Waals surface area contributed by atoms with Gasteiger partial charge in [0.05, 0.1) is 13.2 Å². The lowest BCUT2D eigenvalue weighted by atomic mass is 10.1. The maximum absolute atomic E-state index is 12.4. The van der Waals surface area contributed by atoms with Gasteiger partial charge in [0.1, 0.15) is 6.04 Å². The highest BCUT2D eigenvalue weighted by atomic mass is 16.5. The van der Waals surface area contributed by atoms with Crippen molar-refractivity contribution in [1.29, 1.82) is 0 Å². The fourth-order valence-electron chi connectivity index (χ4n) is 2.70. The van der Waals surface area contributed by atoms with Gasteiger partial charge in [0.25, 0.3) is 0 Å². The molecule has 0 aromatic heterocycles. The SMILES string of the molecule is C=C(C)N1CC(C)CC1C(=O)N1CCOCC1.CC.CC. The lowest BCUT2D eigenvalue weighted by Crippen LogP contribution is -2.49. The molecular formula is C17H34N2O2. The molecular weight excluding hydrogens is 264 g/mol. The van der Waals surface area contributed by atoms with Crippen molar-refractivity contribution in [2.75, 3.05) is 32.8 Å². The van der Waals surface area contributed by atoms with Crippen LogP contribution in [-0.2, 0) is 9.53 Å². The molecule has 0 N–H and O–H groups in total. The third-order valence-corrected chi connectivity index (χ3v) is 3.61. The number of allylic oxidation sites excluding steroid dienone is 1. The Morgan fingerprint density at radius 3 is 2.14 bits per heavy atom. The van der Waals surface area contributed by atoms with Crippen LogP contribution in [0.15, 0.2) is 12.3 Å². The van der Waals surface area contributed by atoms with E-state index in [-0.39, 0.29) is 11.9 Å². The van der Waals surface area contributed by atoms with Crippen molar-refractivity contribution in [2.24, 2.45) is 5.92 Å². The zero-order valence-corrected chi connectivity index (χ0v) is 14.8. The van der Waals surface area contributed by atoms with E-state index >= 15 is 0 Å². The Bertz CT molecular complexity index is 312. The summed E-state index contributed by atoms with van der Waals surface area (Å²) in [7, 11) is 0. The highest BCUT2D eigenvalue weighted by molar-refractivity contribution is 5.82. The number of carbonyl (C=O) groups excluding carboxylic acids is 1. The summed E-state index contributed by atoms with van der Waals surface area (Å²) in [6.45, 7) is 19.9. The standard InChI is InChI=1S/C13H22N2O2.2C2H6/c1-10(2)15-9-11(3)8-12(15)13(16)14-4-6-17-7-5-14;2*1-2/h11-12H,1,4-9H2,2-3H3;2*1-2H3. The summed E-state index contributed by atoms with van der Waals surface area (Å²) in [5.41, 5.74) is 1.00. The van der Waals surface area contributed by atoms with Crippen LogP contribution in [0.4, 0.5) is 0 Å². The molecule has 2 atom stereocenters. The van der Waals surface area contributed by atoms with Crippen molar-refractivity contribution in [2.45, 2.75) is 54.0 Å². The minimum Gasteiger partial charge on any atom is -0.378 e. The second kappa shape index (κ2) is 10.7. The number of hydrogen-bond donors (Lipinski definition) is 0. The van der Waals surface area contributed by atoms with Crippen molar-refractivity contribution in [3.05, 3.63) is 12.3 Å². The Morgan fingerprint density at radius 1 is 1.14 bits per heavy atom. The molecule has 0 spiro atoms. The first kappa shape index (κ1) is 20.0. The summed E-state index contributed by atoms with van der Waals surface area (Å²) in [6.07, 6.45) is 0.947. The number of rotatable bonds is 2. The second-order valence-electron chi connectivity index (χ2n) is 5.18. The van der Waals surface area contributed by atoms with Crippen LogP contribution in [0.5, 0.6) is 0 Å². The van der Waals surface area contributed by atoms with E-state index in [4.69, 9.17) is 4.74 Å². The fraction of sp³-hybridized carbons (Fsp3) is 0.824. The molecule has 0 aliphatic carbocycles. The van der Waals surface area contributed by atoms with Gasteiger partial charge in [-0.15, -0.1) is 0 Å². The molecule has 2 unspecified atom stereocenters. The normalized spacial score (nSPS) is 24.5. The molecule has 2 aliphatic heterocycles. The van der Waals surface area contributed by atoms with Gasteiger partial charge in [-0.25, -0.2) is 0 Å². The van der Waals surface area contributed by atoms with Crippen LogP contribution in [0, 0.1) is 5.92 Å². The van der Waals surface area contributed by atoms with E-state index < -0.39 is 0 Å². The highest BCUT2D eigenvalue weighted by Crippen LogP contribution is 2.27. The molecule has 0 aromatic rings. The van der Waals surface area contributed by atoms with Crippen molar-refractivity contribution in [3.63, 3.8) is 0 Å². The van der Waals surface area contributed by atoms with E-state index in [2.05, 4.69) is 18.4 Å². The van der Waals surface area contributed by atoms with Crippen LogP contribution in [0.2, 0.25) is 0 Å². The zero-order chi connectivity index (χ0) is 16.4. The quantitative estimate of drug-likeness (QED) is 0.785. The predicted octanol–water partition coefficient (Wildman–Crippen LogP) is 3.14. The molecule has 2 heterocycles. The van der Waals surface area contributed by atoms with E-state index in [1.54, 1.807) is 0 Å². The first-order valence-electron chi connectivity index (χ1n) is 8.38. The Hall–Kier alpha value is -1.03. The molecule has 1 amide bonds. The molecule has 21 heavy (non-hydrogen) atoms. The van der Waals surface area contributed by atoms with Crippen molar-refractivity contribution in [3.8, 4) is 0 Å². The Morgan fingerprint density at radius 2 is 1.67 bits per heavy atom. The number of carbonyl (C=O) groups is 1. The Kier molecular flexibility index (Phi) is 10.1. The predicted molar refractivity (Wildman–Crippen MR) is 89.2 cm³/mol. The first-order chi connectivity index (χ1) is 10.1. The zero-order valence-electron chi connectivity index (χ0n) is 14.8. The molecule has 124 valence electrons. The monoisotopic (exact) mass is 298 g/mol. The summed E-state index contributed by atoms with van der Waals surface area (Å²) in [4.78, 5) is 16.5. The molecule has 2 aliphatic rings. The van der Waals surface area contributed by atoms with Gasteiger partial charge in [-0.2, -0.15) is 0 Å². The van der Waals surface area contributed by atoms with E-state index in [1.165, 1.54) is 0 Å². The number of morpholine rings is 1. The Labute approximate surface area is 131 Å². The number of hydrogen-bond acceptors (Lipinski definition) is 3. The van der Waals surface area contributed by atoms with Crippen LogP contribution in [-0.4, -0.2) is 54.6 Å². The maximum atomic E-state index is 12.4. The third kappa shape index (κ3) is 5.70. The topological polar surface area (TPSA) is 32.8 Å². The van der Waals surface area contributed by atoms with Gasteiger partial charge in [-0.1, -0.05) is 41.2 Å². The van der Waals surface area contributed by atoms with Crippen LogP contribution < -0.4 is 0 Å². The molecule has 0 saturated carbocycles. The van der Waals surface area contributed by atoms with Crippen LogP contribution in [0.3, 0.4) is 0 Å². The first-order valence-corrected chi connectivity index (χ1v) is 8.38. The van der Waals surface area contributed by atoms with E-state index in [1.807, 2.05) is 39.5 Å². The summed E-state index contributed by atoms with van der Waals surface area (Å²) < 4.78 is 5.28. The van der Waals surface area contributed by atoms with Gasteiger partial charge in [-0.3, -0.25) is 4.79 Å². The average molecular weight is 298 g/mol. The minimum atomic E-state index is 0.000556. The molecule has 0 aromatic carbocycles. The lowest BCUT2D eigenvalue weighted by Gasteiger charge is -2.33. The van der Waals surface area contributed by atoms with Crippen LogP contribution in [0.1, 0.15) is 48.0 Å². The highest BCUT2D eigenvalue weighted by Gasteiger charge is 2.37. The van der Waals surface area contributed by atoms with Gasteiger partial charge in [0.15, 0.2) is 0 Å². The molecule has 2 fully saturated rings. The lowest BCUT2D eigenvalue weighted by molar-refractivity contribution is -0.139. The third-order valence-electron chi connectivity index (χ3n) is 3.61. The van der Waals surface area contributed by atoms with Gasteiger partial charge in [-0.05, 0) is 19.3 Å². The molecule has 4 heteroatoms. The summed E-state index contributed by atoms with van der Waals surface area (Å²) in [5.74, 6) is 0.822. The fourth-order valence-corrected chi connectivity index (χ4v) is 2.70. The number of amides is 1. The van der Waals surface area contributed by atoms with E-state index in [0.717, 1.165) is 31.8 Å². The van der Waals surface area contributed by atoms with Gasteiger partial charge in [0.2, 0.25) is 5.91 Å². The van der Waals surface area contributed by atoms with E-state index in [9.17, 15) is 4.79 Å². The van der Waals surface area contributed by atoms with Crippen molar-refractivity contribution >= 4 is 5.91 Å². The summed E-state index contributed by atoms with van der Waals surface area (Å²) in [5, 5.41) is 0. The largest absolute Gasteiger partial charge is 0.378 e. The van der Waals surface area contributed by atoms with Gasteiger partial charge in [0, 0.05) is 25.3 Å². The Balaban J connectivity index is 0.000000921. The number of nitrogens with zero attached hydrogens (tertiary/aromatic N) is 2. The molecule has 2 saturated heterocycles. The van der Waals surface area contributed by atoms with Crippen LogP contribution >= 0.6 is 0 Å². The smallest absolute Gasteiger partial charge is 0.245 e.